The summed E-state index contributed by atoms with van der Waals surface area (Å²) in [4.78, 5) is 34.1. The van der Waals surface area contributed by atoms with Crippen LogP contribution < -0.4 is 16.4 Å². The molecule has 0 saturated carbocycles. The standard InChI is InChI=1S/C12H14FN3O4/c1-6(10(17)16-12(19)15-2)20-11(18)8-4-3-7(13)5-9(8)14/h3-6H,14H2,1-2H3,(H2,15,16,17,19). The van der Waals surface area contributed by atoms with Crippen molar-refractivity contribution in [2.24, 2.45) is 0 Å². The predicted molar refractivity (Wildman–Crippen MR) is 68.3 cm³/mol. The maximum atomic E-state index is 12.8. The third-order valence-corrected chi connectivity index (χ3v) is 2.35. The molecule has 0 fully saturated rings. The smallest absolute Gasteiger partial charge is 0.341 e. The lowest BCUT2D eigenvalue weighted by Gasteiger charge is -2.13. The van der Waals surface area contributed by atoms with Crippen molar-refractivity contribution in [1.29, 1.82) is 0 Å². The van der Waals surface area contributed by atoms with Crippen molar-refractivity contribution < 1.29 is 23.5 Å². The van der Waals surface area contributed by atoms with E-state index in [1.54, 1.807) is 0 Å². The van der Waals surface area contributed by atoms with Crippen molar-refractivity contribution in [3.05, 3.63) is 29.6 Å². The van der Waals surface area contributed by atoms with Crippen LogP contribution in [0.1, 0.15) is 17.3 Å². The van der Waals surface area contributed by atoms with E-state index in [1.165, 1.54) is 14.0 Å². The number of ether oxygens (including phenoxy) is 1. The highest BCUT2D eigenvalue weighted by Crippen LogP contribution is 2.15. The number of carbonyl (C=O) groups is 3. The highest BCUT2D eigenvalue weighted by molar-refractivity contribution is 5.99. The van der Waals surface area contributed by atoms with Crippen molar-refractivity contribution in [2.45, 2.75) is 13.0 Å². The maximum Gasteiger partial charge on any atom is 0.341 e. The normalized spacial score (nSPS) is 11.3. The molecule has 8 heteroatoms. The van der Waals surface area contributed by atoms with E-state index in [2.05, 4.69) is 5.32 Å². The van der Waals surface area contributed by atoms with Crippen LogP contribution in [0.3, 0.4) is 0 Å². The number of hydrogen-bond donors (Lipinski definition) is 3. The van der Waals surface area contributed by atoms with E-state index in [-0.39, 0.29) is 11.3 Å². The van der Waals surface area contributed by atoms with Gasteiger partial charge in [0.2, 0.25) is 0 Å². The largest absolute Gasteiger partial charge is 0.449 e. The summed E-state index contributed by atoms with van der Waals surface area (Å²) in [5.41, 5.74) is 5.30. The van der Waals surface area contributed by atoms with E-state index in [4.69, 9.17) is 10.5 Å². The van der Waals surface area contributed by atoms with Crippen molar-refractivity contribution in [1.82, 2.24) is 10.6 Å². The van der Waals surface area contributed by atoms with Gasteiger partial charge in [0, 0.05) is 12.7 Å². The van der Waals surface area contributed by atoms with Gasteiger partial charge in [-0.2, -0.15) is 0 Å². The van der Waals surface area contributed by atoms with Crippen LogP contribution in [0.15, 0.2) is 18.2 Å². The number of anilines is 1. The quantitative estimate of drug-likeness (QED) is 0.549. The third kappa shape index (κ3) is 3.94. The van der Waals surface area contributed by atoms with Gasteiger partial charge in [0.25, 0.3) is 5.91 Å². The monoisotopic (exact) mass is 283 g/mol. The Bertz CT molecular complexity index is 548. The summed E-state index contributed by atoms with van der Waals surface area (Å²) in [5, 5.41) is 4.13. The summed E-state index contributed by atoms with van der Waals surface area (Å²) in [6.07, 6.45) is -1.20. The van der Waals surface area contributed by atoms with Gasteiger partial charge in [-0.25, -0.2) is 14.0 Å². The SMILES string of the molecule is CNC(=O)NC(=O)C(C)OC(=O)c1ccc(F)cc1N. The zero-order chi connectivity index (χ0) is 15.3. The fourth-order valence-electron chi connectivity index (χ4n) is 1.27. The van der Waals surface area contributed by atoms with Crippen LogP contribution in [0.5, 0.6) is 0 Å². The molecule has 0 aliphatic rings. The Morgan fingerprint density at radius 1 is 1.35 bits per heavy atom. The Labute approximate surface area is 114 Å². The van der Waals surface area contributed by atoms with Gasteiger partial charge in [-0.1, -0.05) is 0 Å². The Balaban J connectivity index is 2.70. The second-order valence-electron chi connectivity index (χ2n) is 3.85. The fraction of sp³-hybridized carbons (Fsp3) is 0.250. The van der Waals surface area contributed by atoms with Crippen LogP contribution in [-0.4, -0.2) is 31.1 Å². The molecule has 108 valence electrons. The number of imide groups is 1. The lowest BCUT2D eigenvalue weighted by molar-refractivity contribution is -0.127. The van der Waals surface area contributed by atoms with Crippen LogP contribution in [0.4, 0.5) is 14.9 Å². The lowest BCUT2D eigenvalue weighted by atomic mass is 10.2. The number of benzene rings is 1. The summed E-state index contributed by atoms with van der Waals surface area (Å²) in [6.45, 7) is 1.29. The number of rotatable bonds is 3. The van der Waals surface area contributed by atoms with Crippen molar-refractivity contribution >= 4 is 23.6 Å². The average molecular weight is 283 g/mol. The molecule has 0 spiro atoms. The number of hydrogen-bond acceptors (Lipinski definition) is 5. The molecule has 1 rings (SSSR count). The number of amides is 3. The molecule has 1 aromatic carbocycles. The Morgan fingerprint density at radius 2 is 2.00 bits per heavy atom. The van der Waals surface area contributed by atoms with Gasteiger partial charge in [0.1, 0.15) is 5.82 Å². The van der Waals surface area contributed by atoms with Crippen molar-refractivity contribution in [3.8, 4) is 0 Å². The second-order valence-corrected chi connectivity index (χ2v) is 3.85. The summed E-state index contributed by atoms with van der Waals surface area (Å²) < 4.78 is 17.7. The highest BCUT2D eigenvalue weighted by Gasteiger charge is 2.21. The number of urea groups is 1. The molecule has 3 amide bonds. The van der Waals surface area contributed by atoms with E-state index in [1.807, 2.05) is 5.32 Å². The molecule has 20 heavy (non-hydrogen) atoms. The topological polar surface area (TPSA) is 111 Å². The molecular formula is C12H14FN3O4. The minimum absolute atomic E-state index is 0.0639. The van der Waals surface area contributed by atoms with Crippen molar-refractivity contribution in [2.75, 3.05) is 12.8 Å². The molecule has 0 bridgehead atoms. The summed E-state index contributed by atoms with van der Waals surface area (Å²) in [5.74, 6) is -2.27. The number of nitrogen functional groups attached to an aromatic ring is 1. The van der Waals surface area contributed by atoms with Gasteiger partial charge in [-0.3, -0.25) is 10.1 Å². The van der Waals surface area contributed by atoms with E-state index in [0.29, 0.717) is 0 Å². The third-order valence-electron chi connectivity index (χ3n) is 2.35. The molecule has 0 aliphatic heterocycles. The Morgan fingerprint density at radius 3 is 2.55 bits per heavy atom. The summed E-state index contributed by atoms with van der Waals surface area (Å²) in [7, 11) is 1.33. The van der Waals surface area contributed by atoms with Gasteiger partial charge in [0.05, 0.1) is 5.56 Å². The molecule has 0 saturated heterocycles. The molecule has 0 radical (unpaired) electrons. The first-order valence-corrected chi connectivity index (χ1v) is 5.63. The first-order valence-electron chi connectivity index (χ1n) is 5.63. The Kier molecular flexibility index (Phi) is 5.01. The van der Waals surface area contributed by atoms with Crippen molar-refractivity contribution in [3.63, 3.8) is 0 Å². The van der Waals surface area contributed by atoms with E-state index >= 15 is 0 Å². The molecule has 0 aliphatic carbocycles. The molecule has 1 aromatic rings. The second kappa shape index (κ2) is 6.50. The van der Waals surface area contributed by atoms with Gasteiger partial charge in [-0.05, 0) is 25.1 Å². The van der Waals surface area contributed by atoms with Crippen LogP contribution in [-0.2, 0) is 9.53 Å². The van der Waals surface area contributed by atoms with Gasteiger partial charge < -0.3 is 15.8 Å². The minimum Gasteiger partial charge on any atom is -0.449 e. The maximum absolute atomic E-state index is 12.8. The number of esters is 1. The first-order chi connectivity index (χ1) is 9.35. The van der Waals surface area contributed by atoms with E-state index < -0.39 is 29.8 Å². The Hall–Kier alpha value is -2.64. The van der Waals surface area contributed by atoms with Crippen LogP contribution in [0.25, 0.3) is 0 Å². The van der Waals surface area contributed by atoms with Gasteiger partial charge >= 0.3 is 12.0 Å². The molecule has 1 unspecified atom stereocenters. The molecule has 7 nitrogen and oxygen atoms in total. The molecule has 1 atom stereocenters. The zero-order valence-corrected chi connectivity index (χ0v) is 10.9. The number of carbonyl (C=O) groups excluding carboxylic acids is 3. The first kappa shape index (κ1) is 15.4. The average Bonchev–Trinajstić information content (AvgIpc) is 2.37. The minimum atomic E-state index is -1.20. The van der Waals surface area contributed by atoms with E-state index in [0.717, 1.165) is 18.2 Å². The zero-order valence-electron chi connectivity index (χ0n) is 10.9. The molecular weight excluding hydrogens is 269 g/mol. The van der Waals surface area contributed by atoms with Crippen LogP contribution in [0, 0.1) is 5.82 Å². The number of halogens is 1. The van der Waals surface area contributed by atoms with Gasteiger partial charge in [0.15, 0.2) is 6.10 Å². The van der Waals surface area contributed by atoms with Crippen LogP contribution >= 0.6 is 0 Å². The summed E-state index contributed by atoms with van der Waals surface area (Å²) >= 11 is 0. The van der Waals surface area contributed by atoms with Gasteiger partial charge in [-0.15, -0.1) is 0 Å². The lowest BCUT2D eigenvalue weighted by Crippen LogP contribution is -2.43. The molecule has 4 N–H and O–H groups in total. The fourth-order valence-corrected chi connectivity index (χ4v) is 1.27. The highest BCUT2D eigenvalue weighted by atomic mass is 19.1. The number of nitrogens with one attached hydrogen (secondary N) is 2. The molecule has 0 aromatic heterocycles. The van der Waals surface area contributed by atoms with E-state index in [9.17, 15) is 18.8 Å². The summed E-state index contributed by atoms with van der Waals surface area (Å²) in [6, 6.07) is 2.43. The molecule has 0 heterocycles. The van der Waals surface area contributed by atoms with Crippen LogP contribution in [0.2, 0.25) is 0 Å². The number of nitrogens with two attached hydrogens (primary N) is 1. The predicted octanol–water partition coefficient (Wildman–Crippen LogP) is 0.409.